The molecule has 1 atom stereocenters. The molecule has 26 heavy (non-hydrogen) atoms. The van der Waals surface area contributed by atoms with Crippen molar-refractivity contribution in [3.8, 4) is 11.5 Å². The number of halogens is 1. The summed E-state index contributed by atoms with van der Waals surface area (Å²) >= 11 is 6.43. The van der Waals surface area contributed by atoms with E-state index in [2.05, 4.69) is 4.90 Å². The first kappa shape index (κ1) is 17.9. The van der Waals surface area contributed by atoms with E-state index in [1.165, 1.54) is 25.7 Å². The van der Waals surface area contributed by atoms with Gasteiger partial charge in [-0.15, -0.1) is 0 Å². The molecule has 0 aromatic heterocycles. The molecule has 1 aromatic rings. The third-order valence-electron chi connectivity index (χ3n) is 5.76. The van der Waals surface area contributed by atoms with E-state index in [0.717, 1.165) is 61.2 Å². The highest BCUT2D eigenvalue weighted by Gasteiger charge is 2.24. The molecule has 3 aliphatic heterocycles. The molecule has 3 heterocycles. The maximum Gasteiger partial charge on any atom is 0.231 e. The van der Waals surface area contributed by atoms with Gasteiger partial charge >= 0.3 is 0 Å². The minimum absolute atomic E-state index is 0.270. The van der Waals surface area contributed by atoms with Crippen LogP contribution in [-0.2, 0) is 11.3 Å². The van der Waals surface area contributed by atoms with Gasteiger partial charge in [0.05, 0.1) is 0 Å². The fourth-order valence-electron chi connectivity index (χ4n) is 4.30. The second-order valence-electron chi connectivity index (χ2n) is 7.67. The van der Waals surface area contributed by atoms with Crippen LogP contribution >= 0.6 is 11.6 Å². The highest BCUT2D eigenvalue weighted by molar-refractivity contribution is 6.31. The van der Waals surface area contributed by atoms with Crippen LogP contribution in [0.3, 0.4) is 0 Å². The number of nitrogens with zero attached hydrogens (tertiary/aromatic N) is 2. The number of piperidine rings is 1. The number of ether oxygens (including phenoxy) is 2. The Hall–Kier alpha value is -1.46. The van der Waals surface area contributed by atoms with Gasteiger partial charge in [0.15, 0.2) is 11.5 Å². The van der Waals surface area contributed by atoms with E-state index in [4.69, 9.17) is 21.1 Å². The van der Waals surface area contributed by atoms with Crippen LogP contribution in [0.15, 0.2) is 12.1 Å². The number of hydrogen-bond donors (Lipinski definition) is 0. The van der Waals surface area contributed by atoms with E-state index in [1.807, 2.05) is 17.0 Å². The van der Waals surface area contributed by atoms with E-state index in [9.17, 15) is 4.79 Å². The molecule has 1 amide bonds. The first-order valence-electron chi connectivity index (χ1n) is 9.77. The molecule has 1 aromatic carbocycles. The van der Waals surface area contributed by atoms with Gasteiger partial charge in [-0.25, -0.2) is 0 Å². The Labute approximate surface area is 160 Å². The van der Waals surface area contributed by atoms with Crippen molar-refractivity contribution in [1.29, 1.82) is 0 Å². The summed E-state index contributed by atoms with van der Waals surface area (Å²) < 4.78 is 10.9. The molecule has 2 fully saturated rings. The average molecular weight is 379 g/mol. The molecular weight excluding hydrogens is 352 g/mol. The molecule has 0 saturated carbocycles. The molecule has 0 N–H and O–H groups in total. The predicted molar refractivity (Wildman–Crippen MR) is 101 cm³/mol. The minimum atomic E-state index is 0.270. The quantitative estimate of drug-likeness (QED) is 0.783. The zero-order valence-electron chi connectivity index (χ0n) is 15.2. The van der Waals surface area contributed by atoms with Gasteiger partial charge < -0.3 is 14.4 Å². The van der Waals surface area contributed by atoms with Crippen LogP contribution in [0.25, 0.3) is 0 Å². The zero-order valence-corrected chi connectivity index (χ0v) is 16.0. The van der Waals surface area contributed by atoms with Crippen LogP contribution < -0.4 is 9.47 Å². The van der Waals surface area contributed by atoms with Crippen molar-refractivity contribution >= 4 is 17.5 Å². The van der Waals surface area contributed by atoms with Crippen LogP contribution in [-0.4, -0.2) is 48.7 Å². The van der Waals surface area contributed by atoms with Crippen molar-refractivity contribution in [2.24, 2.45) is 5.92 Å². The van der Waals surface area contributed by atoms with E-state index in [-0.39, 0.29) is 6.79 Å². The van der Waals surface area contributed by atoms with Crippen molar-refractivity contribution in [2.45, 2.75) is 45.1 Å². The minimum Gasteiger partial charge on any atom is -0.454 e. The second kappa shape index (κ2) is 8.05. The van der Waals surface area contributed by atoms with E-state index < -0.39 is 0 Å². The Kier molecular flexibility index (Phi) is 5.55. The second-order valence-corrected chi connectivity index (χ2v) is 8.07. The summed E-state index contributed by atoms with van der Waals surface area (Å²) in [4.78, 5) is 16.8. The Morgan fingerprint density at radius 3 is 2.69 bits per heavy atom. The SMILES string of the molecule is O=C(CC[C@H]1CCCN(Cc2cc3c(cc2Cl)OCO3)C1)N1CCCC1. The van der Waals surface area contributed by atoms with Crippen LogP contribution in [0.2, 0.25) is 5.02 Å². The van der Waals surface area contributed by atoms with E-state index >= 15 is 0 Å². The van der Waals surface area contributed by atoms with Crippen LogP contribution in [0, 0.1) is 5.92 Å². The van der Waals surface area contributed by atoms with Crippen molar-refractivity contribution in [3.63, 3.8) is 0 Å². The van der Waals surface area contributed by atoms with Crippen LogP contribution in [0.4, 0.5) is 0 Å². The average Bonchev–Trinajstić information content (AvgIpc) is 3.32. The van der Waals surface area contributed by atoms with Gasteiger partial charge in [-0.2, -0.15) is 0 Å². The Balaban J connectivity index is 1.30. The Morgan fingerprint density at radius 1 is 1.12 bits per heavy atom. The third-order valence-corrected chi connectivity index (χ3v) is 6.12. The number of rotatable bonds is 5. The monoisotopic (exact) mass is 378 g/mol. The van der Waals surface area contributed by atoms with E-state index in [0.29, 0.717) is 18.2 Å². The molecule has 142 valence electrons. The first-order chi connectivity index (χ1) is 12.7. The fourth-order valence-corrected chi connectivity index (χ4v) is 4.52. The number of hydrogen-bond acceptors (Lipinski definition) is 4. The third kappa shape index (κ3) is 4.09. The molecule has 2 saturated heterocycles. The Bertz CT molecular complexity index is 661. The lowest BCUT2D eigenvalue weighted by atomic mass is 9.93. The number of carbonyl (C=O) groups excluding carboxylic acids is 1. The molecular formula is C20H27ClN2O3. The summed E-state index contributed by atoms with van der Waals surface area (Å²) in [5, 5.41) is 0.737. The lowest BCUT2D eigenvalue weighted by Gasteiger charge is -2.33. The summed E-state index contributed by atoms with van der Waals surface area (Å²) in [6, 6.07) is 3.86. The normalized spacial score (nSPS) is 22.8. The fraction of sp³-hybridized carbons (Fsp3) is 0.650. The summed E-state index contributed by atoms with van der Waals surface area (Å²) in [5.41, 5.74) is 1.09. The van der Waals surface area contributed by atoms with Gasteiger partial charge in [-0.3, -0.25) is 9.69 Å². The summed E-state index contributed by atoms with van der Waals surface area (Å²) in [5.74, 6) is 2.46. The summed E-state index contributed by atoms with van der Waals surface area (Å²) in [6.07, 6.45) is 6.44. The van der Waals surface area contributed by atoms with Gasteiger partial charge in [-0.1, -0.05) is 11.6 Å². The topological polar surface area (TPSA) is 42.0 Å². The molecule has 0 bridgehead atoms. The molecule has 0 spiro atoms. The lowest BCUT2D eigenvalue weighted by molar-refractivity contribution is -0.130. The zero-order chi connectivity index (χ0) is 17.9. The maximum atomic E-state index is 12.3. The number of benzene rings is 1. The number of amides is 1. The summed E-state index contributed by atoms with van der Waals surface area (Å²) in [7, 11) is 0. The number of likely N-dealkylation sites (tertiary alicyclic amines) is 2. The van der Waals surface area contributed by atoms with Crippen LogP contribution in [0.5, 0.6) is 11.5 Å². The molecule has 6 heteroatoms. The van der Waals surface area contributed by atoms with Crippen molar-refractivity contribution in [1.82, 2.24) is 9.80 Å². The predicted octanol–water partition coefficient (Wildman–Crippen LogP) is 3.68. The molecule has 0 aliphatic carbocycles. The standard InChI is InChI=1S/C20H27ClN2O3/c21-17-11-19-18(25-14-26-19)10-16(17)13-22-7-3-4-15(12-22)5-6-20(24)23-8-1-2-9-23/h10-11,15H,1-9,12-14H2/t15-/m1/s1. The highest BCUT2D eigenvalue weighted by atomic mass is 35.5. The largest absolute Gasteiger partial charge is 0.454 e. The molecule has 3 aliphatic rings. The molecule has 0 unspecified atom stereocenters. The maximum absolute atomic E-state index is 12.3. The number of fused-ring (bicyclic) bond motifs is 1. The van der Waals surface area contributed by atoms with Gasteiger partial charge in [0.25, 0.3) is 0 Å². The van der Waals surface area contributed by atoms with Crippen molar-refractivity contribution < 1.29 is 14.3 Å². The van der Waals surface area contributed by atoms with Crippen molar-refractivity contribution in [2.75, 3.05) is 33.0 Å². The van der Waals surface area contributed by atoms with Crippen LogP contribution in [0.1, 0.15) is 44.1 Å². The molecule has 0 radical (unpaired) electrons. The lowest BCUT2D eigenvalue weighted by Crippen LogP contribution is -2.36. The molecule has 5 nitrogen and oxygen atoms in total. The molecule has 4 rings (SSSR count). The van der Waals surface area contributed by atoms with Gasteiger partial charge in [0.2, 0.25) is 12.7 Å². The summed E-state index contributed by atoms with van der Waals surface area (Å²) in [6.45, 7) is 5.13. The van der Waals surface area contributed by atoms with E-state index in [1.54, 1.807) is 0 Å². The smallest absolute Gasteiger partial charge is 0.231 e. The van der Waals surface area contributed by atoms with Gasteiger partial charge in [-0.05, 0) is 56.2 Å². The Morgan fingerprint density at radius 2 is 1.88 bits per heavy atom. The van der Waals surface area contributed by atoms with Crippen molar-refractivity contribution in [3.05, 3.63) is 22.7 Å². The number of carbonyl (C=O) groups is 1. The van der Waals surface area contributed by atoms with Gasteiger partial charge in [0.1, 0.15) is 0 Å². The van der Waals surface area contributed by atoms with Gasteiger partial charge in [0, 0.05) is 43.7 Å². The highest BCUT2D eigenvalue weighted by Crippen LogP contribution is 2.37. The first-order valence-corrected chi connectivity index (χ1v) is 10.1.